The Kier molecular flexibility index (Phi) is 10.4. The Balaban J connectivity index is 0.976. The molecule has 6 rings (SSSR count). The Hall–Kier alpha value is -4.87. The van der Waals surface area contributed by atoms with Gasteiger partial charge in [-0.05, 0) is 97.3 Å². The van der Waals surface area contributed by atoms with Crippen molar-refractivity contribution in [3.8, 4) is 17.2 Å². The third-order valence-corrected chi connectivity index (χ3v) is 8.69. The van der Waals surface area contributed by atoms with Crippen LogP contribution in [0.3, 0.4) is 0 Å². The van der Waals surface area contributed by atoms with Gasteiger partial charge in [0.25, 0.3) is 0 Å². The van der Waals surface area contributed by atoms with Gasteiger partial charge in [0.2, 0.25) is 5.91 Å². The highest BCUT2D eigenvalue weighted by Gasteiger charge is 2.27. The molecule has 5 aromatic rings. The number of ether oxygens (including phenoxy) is 2. The second-order valence-electron chi connectivity index (χ2n) is 12.2. The van der Waals surface area contributed by atoms with Crippen LogP contribution in [0.2, 0.25) is 0 Å². The molecule has 1 fully saturated rings. The molecular weight excluding hydrogens is 568 g/mol. The smallest absolute Gasteiger partial charge is 0.228 e. The predicted octanol–water partition coefficient (Wildman–Crippen LogP) is 9.36. The van der Waals surface area contributed by atoms with E-state index in [1.807, 2.05) is 79.7 Å². The topological polar surface area (TPSA) is 50.8 Å². The summed E-state index contributed by atoms with van der Waals surface area (Å²) in [6.45, 7) is 3.90. The zero-order chi connectivity index (χ0) is 31.6. The van der Waals surface area contributed by atoms with Gasteiger partial charge in [0, 0.05) is 24.8 Å². The minimum Gasteiger partial charge on any atom is -0.490 e. The molecule has 5 heteroatoms. The van der Waals surface area contributed by atoms with Crippen molar-refractivity contribution in [3.05, 3.63) is 156 Å². The highest BCUT2D eigenvalue weighted by atomic mass is 16.5. The third-order valence-electron chi connectivity index (χ3n) is 8.69. The van der Waals surface area contributed by atoms with Crippen molar-refractivity contribution in [1.29, 1.82) is 0 Å². The molecule has 46 heavy (non-hydrogen) atoms. The van der Waals surface area contributed by atoms with Crippen molar-refractivity contribution >= 4 is 11.6 Å². The highest BCUT2D eigenvalue weighted by molar-refractivity contribution is 5.92. The fourth-order valence-electron chi connectivity index (χ4n) is 6.16. The van der Waals surface area contributed by atoms with Gasteiger partial charge in [-0.2, -0.15) is 0 Å². The van der Waals surface area contributed by atoms with Crippen LogP contribution in [0.25, 0.3) is 0 Å². The maximum Gasteiger partial charge on any atom is 0.228 e. The average molecular weight is 611 g/mol. The van der Waals surface area contributed by atoms with Crippen molar-refractivity contribution < 1.29 is 14.3 Å². The Labute approximate surface area is 272 Å². The quantitative estimate of drug-likeness (QED) is 0.153. The molecule has 234 valence electrons. The highest BCUT2D eigenvalue weighted by Crippen LogP contribution is 2.30. The molecule has 1 saturated carbocycles. The van der Waals surface area contributed by atoms with Gasteiger partial charge in [0.05, 0.1) is 12.5 Å². The van der Waals surface area contributed by atoms with Gasteiger partial charge in [0.1, 0.15) is 17.2 Å². The van der Waals surface area contributed by atoms with Gasteiger partial charge in [-0.25, -0.2) is 0 Å². The van der Waals surface area contributed by atoms with Crippen LogP contribution in [0.5, 0.6) is 17.2 Å². The van der Waals surface area contributed by atoms with Gasteiger partial charge < -0.3 is 14.8 Å². The molecule has 1 N–H and O–H groups in total. The minimum atomic E-state index is -0.0382. The van der Waals surface area contributed by atoms with E-state index in [4.69, 9.17) is 9.47 Å². The molecule has 0 atom stereocenters. The molecule has 1 amide bonds. The van der Waals surface area contributed by atoms with Crippen molar-refractivity contribution in [2.45, 2.75) is 64.3 Å². The van der Waals surface area contributed by atoms with Gasteiger partial charge in [-0.3, -0.25) is 9.69 Å². The van der Waals surface area contributed by atoms with E-state index in [0.29, 0.717) is 12.5 Å². The number of benzene rings is 5. The first-order valence-electron chi connectivity index (χ1n) is 16.3. The Morgan fingerprint density at radius 3 is 1.74 bits per heavy atom. The second-order valence-corrected chi connectivity index (χ2v) is 12.2. The fraction of sp³-hybridized carbons (Fsp3) is 0.244. The Morgan fingerprint density at radius 1 is 0.630 bits per heavy atom. The second kappa shape index (κ2) is 15.4. The zero-order valence-electron chi connectivity index (χ0n) is 26.5. The lowest BCUT2D eigenvalue weighted by Gasteiger charge is -2.37. The van der Waals surface area contributed by atoms with Crippen LogP contribution < -0.4 is 14.8 Å². The summed E-state index contributed by atoms with van der Waals surface area (Å²) < 4.78 is 12.5. The van der Waals surface area contributed by atoms with Crippen LogP contribution in [-0.2, 0) is 24.3 Å². The van der Waals surface area contributed by atoms with Crippen molar-refractivity contribution in [2.75, 3.05) is 5.32 Å². The number of carbonyl (C=O) groups is 1. The van der Waals surface area contributed by atoms with E-state index in [1.165, 1.54) is 11.1 Å². The van der Waals surface area contributed by atoms with E-state index in [9.17, 15) is 4.79 Å². The predicted molar refractivity (Wildman–Crippen MR) is 185 cm³/mol. The molecular formula is C41H42N2O3. The van der Waals surface area contributed by atoms with E-state index in [1.54, 1.807) is 0 Å². The first-order chi connectivity index (χ1) is 22.6. The minimum absolute atomic E-state index is 0.0382. The molecule has 0 heterocycles. The molecule has 0 aromatic heterocycles. The maximum absolute atomic E-state index is 12.5. The molecule has 0 bridgehead atoms. The summed E-state index contributed by atoms with van der Waals surface area (Å²) in [5, 5.41) is 2.99. The van der Waals surface area contributed by atoms with E-state index >= 15 is 0 Å². The maximum atomic E-state index is 12.5. The fourth-order valence-corrected chi connectivity index (χ4v) is 6.16. The lowest BCUT2D eigenvalue weighted by Crippen LogP contribution is -2.39. The summed E-state index contributed by atoms with van der Waals surface area (Å²) in [6.07, 6.45) is 4.84. The average Bonchev–Trinajstić information content (AvgIpc) is 3.09. The van der Waals surface area contributed by atoms with E-state index in [0.717, 1.165) is 72.8 Å². The molecule has 5 nitrogen and oxygen atoms in total. The lowest BCUT2D eigenvalue weighted by atomic mass is 9.91. The largest absolute Gasteiger partial charge is 0.490 e. The molecule has 5 aromatic carbocycles. The molecule has 0 aliphatic heterocycles. The van der Waals surface area contributed by atoms with Crippen LogP contribution in [0.4, 0.5) is 5.69 Å². The standard InChI is InChI=1S/C41H42N2O3/c1-31-10-8-9-15-40(31)42-41(44)28-32-16-20-36(21-17-32)45-38-24-26-39(27-25-38)46-37-22-18-35(19-23-37)43(29-33-11-4-2-5-12-33)30-34-13-6-3-7-14-34/h2-17,20-21,24-27,35,37H,18-19,22-23,28-30H2,1H3,(H,42,44). The number of amides is 1. The number of hydrogen-bond donors (Lipinski definition) is 1. The van der Waals surface area contributed by atoms with Gasteiger partial charge in [0.15, 0.2) is 0 Å². The van der Waals surface area contributed by atoms with E-state index in [2.05, 4.69) is 70.9 Å². The SMILES string of the molecule is Cc1ccccc1NC(=O)Cc1ccc(Oc2ccc(OC3CCC(N(Cc4ccccc4)Cc4ccccc4)CC3)cc2)cc1. The summed E-state index contributed by atoms with van der Waals surface area (Å²) in [4.78, 5) is 15.1. The van der Waals surface area contributed by atoms with Crippen molar-refractivity contribution in [3.63, 3.8) is 0 Å². The summed E-state index contributed by atoms with van der Waals surface area (Å²) in [5.41, 5.74) is 5.54. The van der Waals surface area contributed by atoms with E-state index < -0.39 is 0 Å². The number of para-hydroxylation sites is 1. The Bertz CT molecular complexity index is 1620. The van der Waals surface area contributed by atoms with Crippen molar-refractivity contribution in [2.24, 2.45) is 0 Å². The monoisotopic (exact) mass is 610 g/mol. The van der Waals surface area contributed by atoms with Crippen molar-refractivity contribution in [1.82, 2.24) is 4.90 Å². The third kappa shape index (κ3) is 8.86. The first-order valence-corrected chi connectivity index (χ1v) is 16.3. The number of aryl methyl sites for hydroxylation is 1. The molecule has 0 spiro atoms. The number of nitrogens with zero attached hydrogens (tertiary/aromatic N) is 1. The number of carbonyl (C=O) groups excluding carboxylic acids is 1. The van der Waals surface area contributed by atoms with Crippen LogP contribution in [0.1, 0.15) is 47.9 Å². The summed E-state index contributed by atoms with van der Waals surface area (Å²) in [7, 11) is 0. The molecule has 1 aliphatic rings. The number of hydrogen-bond acceptors (Lipinski definition) is 4. The van der Waals surface area contributed by atoms with E-state index in [-0.39, 0.29) is 12.0 Å². The number of nitrogens with one attached hydrogen (secondary N) is 1. The van der Waals surface area contributed by atoms with Crippen LogP contribution >= 0.6 is 0 Å². The summed E-state index contributed by atoms with van der Waals surface area (Å²) in [6, 6.07) is 45.5. The zero-order valence-corrected chi connectivity index (χ0v) is 26.5. The van der Waals surface area contributed by atoms with Crippen LogP contribution in [0, 0.1) is 6.92 Å². The summed E-state index contributed by atoms with van der Waals surface area (Å²) in [5.74, 6) is 2.31. The lowest BCUT2D eigenvalue weighted by molar-refractivity contribution is -0.115. The van der Waals surface area contributed by atoms with Crippen LogP contribution in [-0.4, -0.2) is 23.0 Å². The molecule has 0 radical (unpaired) electrons. The van der Waals surface area contributed by atoms with Gasteiger partial charge >= 0.3 is 0 Å². The number of rotatable bonds is 12. The number of anilines is 1. The Morgan fingerprint density at radius 2 is 1.15 bits per heavy atom. The molecule has 1 aliphatic carbocycles. The first kappa shape index (κ1) is 31.1. The normalized spacial score (nSPS) is 16.1. The van der Waals surface area contributed by atoms with Crippen LogP contribution in [0.15, 0.2) is 133 Å². The molecule has 0 saturated heterocycles. The molecule has 0 unspecified atom stereocenters. The summed E-state index contributed by atoms with van der Waals surface area (Å²) >= 11 is 0. The van der Waals surface area contributed by atoms with Gasteiger partial charge in [-0.15, -0.1) is 0 Å². The van der Waals surface area contributed by atoms with Gasteiger partial charge in [-0.1, -0.05) is 91.0 Å².